The first-order valence-corrected chi connectivity index (χ1v) is 12.4. The molecule has 3 heterocycles. The van der Waals surface area contributed by atoms with E-state index in [-0.39, 0.29) is 18.8 Å². The Morgan fingerprint density at radius 2 is 2.06 bits per heavy atom. The number of hydrogen-bond acceptors (Lipinski definition) is 6. The zero-order valence-corrected chi connectivity index (χ0v) is 20.1. The molecule has 3 aliphatic rings. The summed E-state index contributed by atoms with van der Waals surface area (Å²) in [6, 6.07) is 2.74. The molecule has 1 aromatic heterocycles. The molecular weight excluding hydrogens is 476 g/mol. The average molecular weight is 502 g/mol. The van der Waals surface area contributed by atoms with Crippen molar-refractivity contribution in [2.75, 3.05) is 25.3 Å². The lowest BCUT2D eigenvalue weighted by Crippen LogP contribution is -2.61. The normalized spacial score (nSPS) is 21.5. The van der Waals surface area contributed by atoms with Gasteiger partial charge in [0.25, 0.3) is 5.91 Å². The van der Waals surface area contributed by atoms with Crippen molar-refractivity contribution in [2.24, 2.45) is 0 Å². The van der Waals surface area contributed by atoms with Crippen LogP contribution in [0.15, 0.2) is 51.8 Å². The first-order valence-electron chi connectivity index (χ1n) is 11.4. The topological polar surface area (TPSA) is 75.0 Å². The molecule has 0 bridgehead atoms. The van der Waals surface area contributed by atoms with E-state index in [1.54, 1.807) is 5.01 Å². The molecule has 2 aromatic rings. The van der Waals surface area contributed by atoms with Crippen LogP contribution in [0.2, 0.25) is 0 Å². The Kier molecular flexibility index (Phi) is 6.18. The predicted molar refractivity (Wildman–Crippen MR) is 129 cm³/mol. The smallest absolute Gasteiger partial charge is 0.278 e. The van der Waals surface area contributed by atoms with Crippen LogP contribution in [0, 0.1) is 11.6 Å². The molecule has 0 spiro atoms. The number of hydrogen-bond donors (Lipinski definition) is 1. The fraction of sp³-hybridized carbons (Fsp3) is 0.360. The average Bonchev–Trinajstić information content (AvgIpc) is 2.99. The number of thioether (sulfide) groups is 1. The second-order valence-electron chi connectivity index (χ2n) is 8.69. The van der Waals surface area contributed by atoms with E-state index in [9.17, 15) is 19.1 Å². The third-order valence-corrected chi connectivity index (χ3v) is 7.95. The van der Waals surface area contributed by atoms with E-state index < -0.39 is 40.9 Å². The number of nitrogens with zero attached hydrogens (tertiary/aromatic N) is 3. The Hall–Kier alpha value is -3.11. The van der Waals surface area contributed by atoms with Crippen LogP contribution < -0.4 is 10.4 Å². The molecule has 10 heteroatoms. The van der Waals surface area contributed by atoms with Crippen molar-refractivity contribution in [1.29, 1.82) is 0 Å². The minimum Gasteiger partial charge on any atom is -0.502 e. The quantitative estimate of drug-likeness (QED) is 0.687. The molecule has 2 atom stereocenters. The zero-order valence-electron chi connectivity index (χ0n) is 19.3. The number of benzene rings is 1. The highest BCUT2D eigenvalue weighted by atomic mass is 32.2. The molecule has 1 N–H and O–H groups in total. The van der Waals surface area contributed by atoms with Crippen molar-refractivity contribution in [1.82, 2.24) is 9.58 Å². The summed E-state index contributed by atoms with van der Waals surface area (Å²) in [7, 11) is 1.51. The minimum atomic E-state index is -0.694. The van der Waals surface area contributed by atoms with Crippen LogP contribution in [0.1, 0.15) is 47.4 Å². The standard InChI is InChI=1S/C25H25F2N3O4S/c1-14-28(9-10-34-2)25(33)23-24(32)20(31)7-8-29(23)30(14)22-16-5-3-4-6-21(16)35-13-18-17(22)11-15(26)12-19(18)27/h3,5,7-8,11-12,14,22,32H,4,6,9-10,13H2,1-2H3/t14?,22-/m1/s1. The summed E-state index contributed by atoms with van der Waals surface area (Å²) >= 11 is 1.53. The van der Waals surface area contributed by atoms with Crippen LogP contribution in [0.4, 0.5) is 8.78 Å². The lowest BCUT2D eigenvalue weighted by atomic mass is 9.90. The highest BCUT2D eigenvalue weighted by Crippen LogP contribution is 2.47. The number of aromatic nitrogens is 1. The number of carbonyl (C=O) groups is 1. The molecule has 0 fully saturated rings. The first-order chi connectivity index (χ1) is 16.8. The minimum absolute atomic E-state index is 0.191. The second-order valence-corrected chi connectivity index (χ2v) is 9.76. The van der Waals surface area contributed by atoms with E-state index in [0.717, 1.165) is 29.4 Å². The van der Waals surface area contributed by atoms with Gasteiger partial charge in [-0.05, 0) is 41.9 Å². The molecule has 5 rings (SSSR count). The first kappa shape index (κ1) is 23.6. The molecule has 0 radical (unpaired) electrons. The van der Waals surface area contributed by atoms with Crippen LogP contribution in [0.25, 0.3) is 0 Å². The molecule has 0 saturated carbocycles. The van der Waals surface area contributed by atoms with E-state index in [1.165, 1.54) is 46.8 Å². The maximum absolute atomic E-state index is 15.1. The van der Waals surface area contributed by atoms with E-state index in [2.05, 4.69) is 0 Å². The lowest BCUT2D eigenvalue weighted by Gasteiger charge is -2.49. The third-order valence-electron chi connectivity index (χ3n) is 6.73. The van der Waals surface area contributed by atoms with Crippen LogP contribution in [0.3, 0.4) is 0 Å². The van der Waals surface area contributed by atoms with Gasteiger partial charge < -0.3 is 14.7 Å². The molecule has 7 nitrogen and oxygen atoms in total. The highest BCUT2D eigenvalue weighted by molar-refractivity contribution is 8.02. The van der Waals surface area contributed by atoms with Gasteiger partial charge in [-0.1, -0.05) is 12.2 Å². The molecule has 1 aliphatic carbocycles. The summed E-state index contributed by atoms with van der Waals surface area (Å²) < 4.78 is 36.3. The Bertz CT molecular complexity index is 1320. The largest absolute Gasteiger partial charge is 0.502 e. The third kappa shape index (κ3) is 3.84. The molecule has 1 aromatic carbocycles. The van der Waals surface area contributed by atoms with Crippen molar-refractivity contribution >= 4 is 17.7 Å². The summed E-state index contributed by atoms with van der Waals surface area (Å²) in [4.78, 5) is 28.3. The van der Waals surface area contributed by atoms with Gasteiger partial charge in [0.05, 0.1) is 12.6 Å². The van der Waals surface area contributed by atoms with E-state index in [0.29, 0.717) is 16.9 Å². The number of amides is 1. The van der Waals surface area contributed by atoms with Gasteiger partial charge in [-0.25, -0.2) is 8.78 Å². The van der Waals surface area contributed by atoms with Crippen LogP contribution >= 0.6 is 11.8 Å². The number of pyridine rings is 1. The highest BCUT2D eigenvalue weighted by Gasteiger charge is 2.43. The summed E-state index contributed by atoms with van der Waals surface area (Å²) in [5.74, 6) is -2.16. The fourth-order valence-electron chi connectivity index (χ4n) is 5.05. The SMILES string of the molecule is COCCN1C(=O)c2c(O)c(=O)ccn2N([C@@H]2C3=C(CCC=C3)SCc3c(F)cc(F)cc32)C1C. The fourth-order valence-corrected chi connectivity index (χ4v) is 6.28. The number of allylic oxidation sites excluding steroid dienone is 2. The summed E-state index contributed by atoms with van der Waals surface area (Å²) in [6.07, 6.45) is 6.44. The number of carbonyl (C=O) groups excluding carboxylic acids is 1. The van der Waals surface area contributed by atoms with E-state index in [1.807, 2.05) is 19.1 Å². The molecule has 0 saturated heterocycles. The van der Waals surface area contributed by atoms with Gasteiger partial charge in [0, 0.05) is 43.3 Å². The number of rotatable bonds is 4. The van der Waals surface area contributed by atoms with Crippen molar-refractivity contribution in [2.45, 2.75) is 37.7 Å². The Morgan fingerprint density at radius 1 is 1.26 bits per heavy atom. The second kappa shape index (κ2) is 9.16. The van der Waals surface area contributed by atoms with Gasteiger partial charge in [0.1, 0.15) is 17.8 Å². The summed E-state index contributed by atoms with van der Waals surface area (Å²) in [6.45, 7) is 2.24. The Morgan fingerprint density at radius 3 is 2.83 bits per heavy atom. The summed E-state index contributed by atoms with van der Waals surface area (Å²) in [5, 5.41) is 12.4. The molecule has 1 unspecified atom stereocenters. The van der Waals surface area contributed by atoms with Crippen LogP contribution in [0.5, 0.6) is 5.75 Å². The van der Waals surface area contributed by atoms with Crippen LogP contribution in [-0.4, -0.2) is 47.0 Å². The van der Waals surface area contributed by atoms with E-state index >= 15 is 4.39 Å². The summed E-state index contributed by atoms with van der Waals surface area (Å²) in [5.41, 5.74) is 0.843. The number of methoxy groups -OCH3 is 1. The molecular formula is C25H25F2N3O4S. The number of ether oxygens (including phenoxy) is 1. The van der Waals surface area contributed by atoms with Crippen molar-refractivity contribution in [3.63, 3.8) is 0 Å². The van der Waals surface area contributed by atoms with Gasteiger partial charge in [-0.3, -0.25) is 19.3 Å². The van der Waals surface area contributed by atoms with E-state index in [4.69, 9.17) is 4.74 Å². The molecule has 184 valence electrons. The Balaban J connectivity index is 1.80. The van der Waals surface area contributed by atoms with Crippen LogP contribution in [-0.2, 0) is 10.5 Å². The number of fused-ring (bicyclic) bond motifs is 2. The molecule has 1 amide bonds. The molecule has 35 heavy (non-hydrogen) atoms. The number of aromatic hydroxyl groups is 1. The Labute approximate surface area is 205 Å². The van der Waals surface area contributed by atoms with Crippen molar-refractivity contribution in [3.8, 4) is 5.75 Å². The van der Waals surface area contributed by atoms with Crippen molar-refractivity contribution < 1.29 is 23.4 Å². The van der Waals surface area contributed by atoms with Crippen molar-refractivity contribution in [3.05, 3.63) is 85.7 Å². The molecule has 2 aliphatic heterocycles. The van der Waals surface area contributed by atoms with Gasteiger partial charge in [-0.2, -0.15) is 0 Å². The zero-order chi connectivity index (χ0) is 24.9. The van der Waals surface area contributed by atoms with Gasteiger partial charge in [-0.15, -0.1) is 11.8 Å². The lowest BCUT2D eigenvalue weighted by molar-refractivity contribution is 0.0493. The van der Waals surface area contributed by atoms with Gasteiger partial charge >= 0.3 is 0 Å². The maximum atomic E-state index is 15.1. The maximum Gasteiger partial charge on any atom is 0.278 e. The number of halogens is 2. The van der Waals surface area contributed by atoms with Gasteiger partial charge in [0.15, 0.2) is 11.4 Å². The van der Waals surface area contributed by atoms with Gasteiger partial charge in [0.2, 0.25) is 5.43 Å². The predicted octanol–water partition coefficient (Wildman–Crippen LogP) is 3.81. The monoisotopic (exact) mass is 501 g/mol.